The minimum atomic E-state index is -3.27. The lowest BCUT2D eigenvalue weighted by Gasteiger charge is -2.16. The lowest BCUT2D eigenvalue weighted by molar-refractivity contribution is -0.384. The summed E-state index contributed by atoms with van der Waals surface area (Å²) >= 11 is 0. The fourth-order valence-electron chi connectivity index (χ4n) is 2.64. The topological polar surface area (TPSA) is 72.6 Å². The molecule has 3 aromatic rings. The molecule has 0 amide bonds. The van der Waals surface area contributed by atoms with Crippen LogP contribution in [0.15, 0.2) is 89.7 Å². The zero-order valence-corrected chi connectivity index (χ0v) is 15.0. The predicted octanol–water partition coefficient (Wildman–Crippen LogP) is 4.33. The maximum atomic E-state index is 13.9. The molecule has 0 aliphatic heterocycles. The first-order valence-corrected chi connectivity index (χ1v) is 9.69. The van der Waals surface area contributed by atoms with E-state index in [1.807, 2.05) is 36.4 Å². The van der Waals surface area contributed by atoms with Crippen LogP contribution in [0.5, 0.6) is 0 Å². The number of hydrogen-bond acceptors (Lipinski definition) is 3. The number of benzene rings is 3. The molecule has 0 radical (unpaired) electrons. The molecule has 0 aliphatic rings. The van der Waals surface area contributed by atoms with Gasteiger partial charge < -0.3 is 0 Å². The fourth-order valence-corrected chi connectivity index (χ4v) is 4.86. The first-order chi connectivity index (χ1) is 12.5. The van der Waals surface area contributed by atoms with Crippen LogP contribution in [0.25, 0.3) is 0 Å². The van der Waals surface area contributed by atoms with E-state index < -0.39 is 12.2 Å². The van der Waals surface area contributed by atoms with E-state index in [9.17, 15) is 14.7 Å². The van der Waals surface area contributed by atoms with Crippen molar-refractivity contribution >= 4 is 29.3 Å². The van der Waals surface area contributed by atoms with Gasteiger partial charge in [-0.3, -0.25) is 14.7 Å². The normalized spacial score (nSPS) is 12.0. The third-order valence-corrected chi connectivity index (χ3v) is 6.56. The van der Waals surface area contributed by atoms with Crippen molar-refractivity contribution in [3.63, 3.8) is 0 Å². The van der Waals surface area contributed by atoms with E-state index in [0.717, 1.165) is 0 Å². The average molecular weight is 364 g/mol. The van der Waals surface area contributed by atoms with Crippen molar-refractivity contribution in [1.82, 2.24) is 0 Å². The van der Waals surface area contributed by atoms with Gasteiger partial charge in [0.05, 0.1) is 4.92 Å². The Bertz CT molecular complexity index is 958. The van der Waals surface area contributed by atoms with Gasteiger partial charge in [0.15, 0.2) is 0 Å². The highest BCUT2D eigenvalue weighted by Gasteiger charge is 2.26. The molecule has 0 bridgehead atoms. The summed E-state index contributed by atoms with van der Waals surface area (Å²) in [6, 6.07) is 24.4. The fraction of sp³-hybridized carbons (Fsp3) is 0.0500. The summed E-state index contributed by atoms with van der Waals surface area (Å²) in [6.45, 7) is 1.72. The smallest absolute Gasteiger partial charge is 0.270 e. The van der Waals surface area contributed by atoms with E-state index in [-0.39, 0.29) is 5.69 Å². The molecule has 6 heteroatoms. The van der Waals surface area contributed by atoms with E-state index in [4.69, 9.17) is 0 Å². The van der Waals surface area contributed by atoms with Gasteiger partial charge in [-0.15, -0.1) is 0 Å². The Morgan fingerprint density at radius 2 is 1.42 bits per heavy atom. The molecule has 0 unspecified atom stereocenters. The van der Waals surface area contributed by atoms with Crippen LogP contribution in [-0.4, -0.2) is 10.6 Å². The van der Waals surface area contributed by atoms with Gasteiger partial charge in [-0.25, -0.2) is 4.76 Å². The highest BCUT2D eigenvalue weighted by molar-refractivity contribution is 7.77. The van der Waals surface area contributed by atoms with E-state index in [1.54, 1.807) is 43.3 Å². The van der Waals surface area contributed by atoms with E-state index in [2.05, 4.69) is 4.76 Å². The van der Waals surface area contributed by atoms with Crippen LogP contribution >= 0.6 is 7.29 Å². The molecule has 0 saturated carbocycles. The van der Waals surface area contributed by atoms with Crippen molar-refractivity contribution in [2.75, 3.05) is 0 Å². The second-order valence-corrected chi connectivity index (χ2v) is 8.12. The Kier molecular flexibility index (Phi) is 5.10. The molecule has 0 atom stereocenters. The van der Waals surface area contributed by atoms with Gasteiger partial charge in [-0.2, -0.15) is 0 Å². The third-order valence-electron chi connectivity index (χ3n) is 3.98. The van der Waals surface area contributed by atoms with Crippen molar-refractivity contribution in [1.29, 1.82) is 0 Å². The quantitative estimate of drug-likeness (QED) is 0.293. The molecule has 0 saturated heterocycles. The minimum Gasteiger partial charge on any atom is -0.288 e. The number of non-ortho nitro benzene ring substituents is 1. The Labute approximate surface area is 151 Å². The first kappa shape index (κ1) is 17.8. The van der Waals surface area contributed by atoms with Crippen LogP contribution in [0.2, 0.25) is 0 Å². The van der Waals surface area contributed by atoms with E-state index >= 15 is 0 Å². The third kappa shape index (κ3) is 3.63. The zero-order chi connectivity index (χ0) is 18.6. The van der Waals surface area contributed by atoms with Crippen LogP contribution in [0.4, 0.5) is 5.69 Å². The predicted molar refractivity (Wildman–Crippen MR) is 105 cm³/mol. The number of rotatable bonds is 5. The van der Waals surface area contributed by atoms with Crippen LogP contribution in [0, 0.1) is 10.1 Å². The molecule has 5 nitrogen and oxygen atoms in total. The van der Waals surface area contributed by atoms with Crippen molar-refractivity contribution in [2.24, 2.45) is 4.76 Å². The minimum absolute atomic E-state index is 0.0219. The molecule has 0 aromatic heterocycles. The maximum Gasteiger partial charge on any atom is 0.270 e. The first-order valence-electron chi connectivity index (χ1n) is 8.03. The summed E-state index contributed by atoms with van der Waals surface area (Å²) in [6.07, 6.45) is 0. The van der Waals surface area contributed by atoms with E-state index in [1.165, 1.54) is 12.1 Å². The second kappa shape index (κ2) is 7.46. The number of hydrogen-bond donors (Lipinski definition) is 0. The van der Waals surface area contributed by atoms with Crippen molar-refractivity contribution < 1.29 is 9.49 Å². The van der Waals surface area contributed by atoms with E-state index in [0.29, 0.717) is 21.9 Å². The SMILES string of the molecule is C/C(=N\P(=O)(c1ccccc1)c1ccccc1)c1cccc([N+](=O)[O-])c1. The molecule has 130 valence electrons. The second-order valence-electron chi connectivity index (χ2n) is 5.74. The number of nitro groups is 1. The number of nitro benzene ring substituents is 1. The molecule has 0 fully saturated rings. The Hall–Kier alpha value is -3.04. The lowest BCUT2D eigenvalue weighted by Crippen LogP contribution is -2.15. The van der Waals surface area contributed by atoms with Gasteiger partial charge in [-0.05, 0) is 31.2 Å². The molecular weight excluding hydrogens is 347 g/mol. The van der Waals surface area contributed by atoms with Gasteiger partial charge in [-0.1, -0.05) is 48.5 Å². The summed E-state index contributed by atoms with van der Waals surface area (Å²) < 4.78 is 18.5. The zero-order valence-electron chi connectivity index (χ0n) is 14.1. The standard InChI is InChI=1S/C20H17N2O3P/c1-16(17-9-8-10-18(15-17)22(23)24)21-26(25,19-11-4-2-5-12-19)20-13-6-3-7-14-20/h2-15H,1H3/b21-16+. The maximum absolute atomic E-state index is 13.9. The average Bonchev–Trinajstić information content (AvgIpc) is 2.69. The summed E-state index contributed by atoms with van der Waals surface area (Å²) in [4.78, 5) is 10.6. The van der Waals surface area contributed by atoms with Crippen molar-refractivity contribution in [3.8, 4) is 0 Å². The summed E-state index contributed by atoms with van der Waals surface area (Å²) in [5, 5.41) is 12.3. The van der Waals surface area contributed by atoms with Crippen molar-refractivity contribution in [2.45, 2.75) is 6.92 Å². The van der Waals surface area contributed by atoms with Gasteiger partial charge in [0.2, 0.25) is 7.29 Å². The van der Waals surface area contributed by atoms with Gasteiger partial charge in [0.1, 0.15) is 0 Å². The monoisotopic (exact) mass is 364 g/mol. The van der Waals surface area contributed by atoms with Gasteiger partial charge in [0, 0.05) is 34.0 Å². The summed E-state index contributed by atoms with van der Waals surface area (Å²) in [7, 11) is -3.27. The molecular formula is C20H17N2O3P. The molecule has 0 aliphatic carbocycles. The number of nitrogens with zero attached hydrogens (tertiary/aromatic N) is 2. The molecule has 0 heterocycles. The highest BCUT2D eigenvalue weighted by Crippen LogP contribution is 2.45. The van der Waals surface area contributed by atoms with Gasteiger partial charge >= 0.3 is 0 Å². The lowest BCUT2D eigenvalue weighted by atomic mass is 10.1. The van der Waals surface area contributed by atoms with Crippen LogP contribution in [-0.2, 0) is 4.57 Å². The largest absolute Gasteiger partial charge is 0.288 e. The van der Waals surface area contributed by atoms with Crippen LogP contribution < -0.4 is 10.6 Å². The Morgan fingerprint density at radius 1 is 0.885 bits per heavy atom. The van der Waals surface area contributed by atoms with Gasteiger partial charge in [0.25, 0.3) is 5.69 Å². The Balaban J connectivity index is 2.15. The summed E-state index contributed by atoms with van der Waals surface area (Å²) in [5.41, 5.74) is 1.04. The molecule has 3 aromatic carbocycles. The molecule has 26 heavy (non-hydrogen) atoms. The molecule has 3 rings (SSSR count). The van der Waals surface area contributed by atoms with Crippen LogP contribution in [0.1, 0.15) is 12.5 Å². The Morgan fingerprint density at radius 3 is 1.92 bits per heavy atom. The molecule has 0 N–H and O–H groups in total. The summed E-state index contributed by atoms with van der Waals surface area (Å²) in [5.74, 6) is 0. The van der Waals surface area contributed by atoms with Crippen molar-refractivity contribution in [3.05, 3.63) is 101 Å². The highest BCUT2D eigenvalue weighted by atomic mass is 31.2. The van der Waals surface area contributed by atoms with Crippen LogP contribution in [0.3, 0.4) is 0 Å². The molecule has 0 spiro atoms.